The van der Waals surface area contributed by atoms with Crippen LogP contribution in [0.25, 0.3) is 0 Å². The number of H-pyrrole nitrogens is 1. The molecule has 6 heteroatoms. The smallest absolute Gasteiger partial charge is 0.311 e. The van der Waals surface area contributed by atoms with Crippen LogP contribution in [0.15, 0.2) is 18.2 Å². The minimum Gasteiger partial charge on any atom is -0.469 e. The fourth-order valence-corrected chi connectivity index (χ4v) is 3.55. The number of piperidine rings is 1. The molecule has 0 spiro atoms. The van der Waals surface area contributed by atoms with E-state index in [4.69, 9.17) is 0 Å². The summed E-state index contributed by atoms with van der Waals surface area (Å²) in [5.41, 5.74) is 1.77. The molecule has 0 aromatic carbocycles. The normalized spacial score (nSPS) is 21.2. The first kappa shape index (κ1) is 16.7. The quantitative estimate of drug-likeness (QED) is 0.663. The number of nitrogens with zero attached hydrogens (tertiary/aromatic N) is 2. The Balaban J connectivity index is 1.48. The standard InChI is InChI=1S/C18H25N3O3/c1-24-18(23)12-15-11-16(20-19-15)14-6-8-21(9-7-14)17(22)10-13-4-2-3-5-13/h2,4,11,13-14H,3,5-10,12H2,1H3,(H,19,20)/t13-/m0/s1. The van der Waals surface area contributed by atoms with Crippen molar-refractivity contribution in [3.05, 3.63) is 29.6 Å². The third-order valence-electron chi connectivity index (χ3n) is 5.03. The molecule has 1 saturated heterocycles. The number of aromatic nitrogens is 2. The Morgan fingerprint density at radius 2 is 2.12 bits per heavy atom. The molecule has 3 rings (SSSR count). The van der Waals surface area contributed by atoms with Crippen LogP contribution in [0.4, 0.5) is 0 Å². The Bertz CT molecular complexity index is 615. The predicted molar refractivity (Wildman–Crippen MR) is 89.3 cm³/mol. The van der Waals surface area contributed by atoms with Crippen LogP contribution in [-0.4, -0.2) is 47.2 Å². The number of esters is 1. The summed E-state index contributed by atoms with van der Waals surface area (Å²) in [5, 5.41) is 7.25. The Morgan fingerprint density at radius 3 is 2.79 bits per heavy atom. The van der Waals surface area contributed by atoms with E-state index in [0.29, 0.717) is 18.3 Å². The number of hydrogen-bond donors (Lipinski definition) is 1. The molecule has 0 unspecified atom stereocenters. The van der Waals surface area contributed by atoms with Crippen LogP contribution in [0.2, 0.25) is 0 Å². The van der Waals surface area contributed by atoms with E-state index in [1.165, 1.54) is 7.11 Å². The van der Waals surface area contributed by atoms with Crippen LogP contribution >= 0.6 is 0 Å². The maximum Gasteiger partial charge on any atom is 0.311 e. The summed E-state index contributed by atoms with van der Waals surface area (Å²) in [6.45, 7) is 1.58. The zero-order valence-corrected chi connectivity index (χ0v) is 14.2. The maximum absolute atomic E-state index is 12.4. The molecule has 24 heavy (non-hydrogen) atoms. The number of carbonyl (C=O) groups is 2. The first-order valence-corrected chi connectivity index (χ1v) is 8.71. The van der Waals surface area contributed by atoms with Gasteiger partial charge in [-0.2, -0.15) is 5.10 Å². The van der Waals surface area contributed by atoms with E-state index in [2.05, 4.69) is 27.1 Å². The lowest BCUT2D eigenvalue weighted by Gasteiger charge is -2.31. The van der Waals surface area contributed by atoms with Crippen molar-refractivity contribution in [2.75, 3.05) is 20.2 Å². The topological polar surface area (TPSA) is 75.3 Å². The zero-order chi connectivity index (χ0) is 16.9. The van der Waals surface area contributed by atoms with Gasteiger partial charge in [0, 0.05) is 31.1 Å². The first-order chi connectivity index (χ1) is 11.7. The minimum atomic E-state index is -0.272. The summed E-state index contributed by atoms with van der Waals surface area (Å²) in [5.74, 6) is 0.788. The lowest BCUT2D eigenvalue weighted by molar-refractivity contribution is -0.139. The molecule has 1 atom stereocenters. The van der Waals surface area contributed by atoms with Crippen molar-refractivity contribution in [1.82, 2.24) is 15.1 Å². The maximum atomic E-state index is 12.4. The van der Waals surface area contributed by atoms with Gasteiger partial charge in [0.25, 0.3) is 0 Å². The van der Waals surface area contributed by atoms with Crippen molar-refractivity contribution < 1.29 is 14.3 Å². The number of likely N-dealkylation sites (tertiary alicyclic amines) is 1. The molecule has 1 aromatic rings. The van der Waals surface area contributed by atoms with E-state index < -0.39 is 0 Å². The lowest BCUT2D eigenvalue weighted by Crippen LogP contribution is -2.38. The van der Waals surface area contributed by atoms with Gasteiger partial charge in [0.15, 0.2) is 0 Å². The molecule has 1 N–H and O–H groups in total. The predicted octanol–water partition coefficient (Wildman–Crippen LogP) is 2.19. The van der Waals surface area contributed by atoms with Gasteiger partial charge in [-0.3, -0.25) is 14.7 Å². The molecule has 2 heterocycles. The highest BCUT2D eigenvalue weighted by Crippen LogP contribution is 2.28. The van der Waals surface area contributed by atoms with Crippen molar-refractivity contribution in [1.29, 1.82) is 0 Å². The number of allylic oxidation sites excluding steroid dienone is 2. The first-order valence-electron chi connectivity index (χ1n) is 8.71. The van der Waals surface area contributed by atoms with Crippen molar-refractivity contribution in [2.24, 2.45) is 5.92 Å². The largest absolute Gasteiger partial charge is 0.469 e. The van der Waals surface area contributed by atoms with Crippen LogP contribution < -0.4 is 0 Å². The number of aromatic amines is 1. The van der Waals surface area contributed by atoms with Crippen LogP contribution in [0, 0.1) is 5.92 Å². The van der Waals surface area contributed by atoms with Crippen molar-refractivity contribution >= 4 is 11.9 Å². The van der Waals surface area contributed by atoms with E-state index in [1.807, 2.05) is 11.0 Å². The van der Waals surface area contributed by atoms with Crippen LogP contribution in [0.1, 0.15) is 49.4 Å². The van der Waals surface area contributed by atoms with Crippen molar-refractivity contribution in [2.45, 2.75) is 44.4 Å². The van der Waals surface area contributed by atoms with Crippen LogP contribution in [0.3, 0.4) is 0 Å². The van der Waals surface area contributed by atoms with E-state index in [1.54, 1.807) is 0 Å². The molecule has 0 saturated carbocycles. The van der Waals surface area contributed by atoms with Gasteiger partial charge in [0.1, 0.15) is 0 Å². The Kier molecular flexibility index (Phi) is 5.33. The number of carbonyl (C=O) groups excluding carboxylic acids is 2. The fourth-order valence-electron chi connectivity index (χ4n) is 3.55. The van der Waals surface area contributed by atoms with Gasteiger partial charge in [0.05, 0.1) is 19.2 Å². The van der Waals surface area contributed by atoms with Gasteiger partial charge in [-0.05, 0) is 37.7 Å². The molecule has 1 aliphatic carbocycles. The number of rotatable bonds is 5. The van der Waals surface area contributed by atoms with E-state index in [0.717, 1.165) is 50.2 Å². The summed E-state index contributed by atoms with van der Waals surface area (Å²) < 4.78 is 4.67. The lowest BCUT2D eigenvalue weighted by atomic mass is 9.92. The summed E-state index contributed by atoms with van der Waals surface area (Å²) >= 11 is 0. The highest BCUT2D eigenvalue weighted by atomic mass is 16.5. The average Bonchev–Trinajstić information content (AvgIpc) is 3.27. The molecule has 2 aliphatic rings. The van der Waals surface area contributed by atoms with Gasteiger partial charge < -0.3 is 9.64 Å². The van der Waals surface area contributed by atoms with Gasteiger partial charge >= 0.3 is 5.97 Å². The summed E-state index contributed by atoms with van der Waals surface area (Å²) in [6.07, 6.45) is 9.28. The van der Waals surface area contributed by atoms with Gasteiger partial charge in [-0.1, -0.05) is 12.2 Å². The number of amides is 1. The molecule has 1 fully saturated rings. The Labute approximate surface area is 142 Å². The molecular weight excluding hydrogens is 306 g/mol. The van der Waals surface area contributed by atoms with E-state index in [9.17, 15) is 9.59 Å². The average molecular weight is 331 g/mol. The summed E-state index contributed by atoms with van der Waals surface area (Å²) in [6, 6.07) is 1.95. The molecule has 1 aliphatic heterocycles. The number of ether oxygens (including phenoxy) is 1. The van der Waals surface area contributed by atoms with Gasteiger partial charge in [-0.15, -0.1) is 0 Å². The van der Waals surface area contributed by atoms with Gasteiger partial charge in [0.2, 0.25) is 5.91 Å². The zero-order valence-electron chi connectivity index (χ0n) is 14.2. The van der Waals surface area contributed by atoms with Crippen LogP contribution in [-0.2, 0) is 20.7 Å². The Hall–Kier alpha value is -2.11. The molecular formula is C18H25N3O3. The number of methoxy groups -OCH3 is 1. The summed E-state index contributed by atoms with van der Waals surface area (Å²) in [7, 11) is 1.38. The Morgan fingerprint density at radius 1 is 1.33 bits per heavy atom. The fraction of sp³-hybridized carbons (Fsp3) is 0.611. The molecule has 6 nitrogen and oxygen atoms in total. The monoisotopic (exact) mass is 331 g/mol. The summed E-state index contributed by atoms with van der Waals surface area (Å²) in [4.78, 5) is 25.7. The molecule has 0 radical (unpaired) electrons. The van der Waals surface area contributed by atoms with E-state index >= 15 is 0 Å². The van der Waals surface area contributed by atoms with Crippen LogP contribution in [0.5, 0.6) is 0 Å². The molecule has 1 amide bonds. The van der Waals surface area contributed by atoms with Gasteiger partial charge in [-0.25, -0.2) is 0 Å². The SMILES string of the molecule is COC(=O)Cc1cc(C2CCN(C(=O)C[C@H]3C=CCC3)CC2)n[nH]1. The highest BCUT2D eigenvalue weighted by Gasteiger charge is 2.26. The second-order valence-electron chi connectivity index (χ2n) is 6.70. The molecule has 130 valence electrons. The van der Waals surface area contributed by atoms with Crippen molar-refractivity contribution in [3.8, 4) is 0 Å². The second kappa shape index (κ2) is 7.64. The van der Waals surface area contributed by atoms with E-state index in [-0.39, 0.29) is 18.3 Å². The number of hydrogen-bond acceptors (Lipinski definition) is 4. The number of nitrogens with one attached hydrogen (secondary N) is 1. The minimum absolute atomic E-state index is 0.218. The second-order valence-corrected chi connectivity index (χ2v) is 6.70. The molecule has 0 bridgehead atoms. The third-order valence-corrected chi connectivity index (χ3v) is 5.03. The highest BCUT2D eigenvalue weighted by molar-refractivity contribution is 5.76. The third kappa shape index (κ3) is 4.04. The molecule has 1 aromatic heterocycles. The van der Waals surface area contributed by atoms with Crippen molar-refractivity contribution in [3.63, 3.8) is 0 Å².